The van der Waals surface area contributed by atoms with Gasteiger partial charge in [-0.15, -0.1) is 0 Å². The fourth-order valence-electron chi connectivity index (χ4n) is 1.45. The maximum absolute atomic E-state index is 11.7. The molecule has 0 aliphatic rings. The van der Waals surface area contributed by atoms with Gasteiger partial charge in [-0.2, -0.15) is 0 Å². The number of esters is 1. The molecule has 2 N–H and O–H groups in total. The number of quaternary nitrogens is 1. The first-order valence-electron chi connectivity index (χ1n) is 5.75. The number of nitrogens with two attached hydrogens (primary N) is 1. The van der Waals surface area contributed by atoms with Crippen molar-refractivity contribution in [2.75, 3.05) is 0 Å². The van der Waals surface area contributed by atoms with Gasteiger partial charge < -0.3 is 24.4 Å². The van der Waals surface area contributed by atoms with Crippen LogP contribution in [0.15, 0.2) is 22.8 Å². The number of carboxylic acids is 1. The average Bonchev–Trinajstić information content (AvgIpc) is 2.75. The topological polar surface area (TPSA) is 96.2 Å². The van der Waals surface area contributed by atoms with Crippen molar-refractivity contribution in [3.8, 4) is 0 Å². The van der Waals surface area contributed by atoms with E-state index in [-0.39, 0.29) is 12.5 Å². The smallest absolute Gasteiger partial charge is 0.365 e. The SMILES string of the molecule is CC(C)OC(=O)[C@H](CC(=O)[O-])[NH2+]Cc1ccco1. The summed E-state index contributed by atoms with van der Waals surface area (Å²) in [5.74, 6) is -1.17. The summed E-state index contributed by atoms with van der Waals surface area (Å²) in [4.78, 5) is 22.3. The molecule has 1 atom stereocenters. The highest BCUT2D eigenvalue weighted by molar-refractivity contribution is 5.79. The van der Waals surface area contributed by atoms with Crippen LogP contribution < -0.4 is 10.4 Å². The lowest BCUT2D eigenvalue weighted by Crippen LogP contribution is -2.91. The van der Waals surface area contributed by atoms with Crippen molar-refractivity contribution < 1.29 is 29.2 Å². The van der Waals surface area contributed by atoms with E-state index in [1.807, 2.05) is 0 Å². The molecule has 0 bridgehead atoms. The number of carbonyl (C=O) groups excluding carboxylic acids is 2. The number of carboxylic acid groups (broad SMARTS) is 1. The largest absolute Gasteiger partial charge is 0.550 e. The molecule has 6 heteroatoms. The first-order valence-corrected chi connectivity index (χ1v) is 5.75. The number of rotatable bonds is 7. The number of aliphatic carboxylic acids is 1. The number of ether oxygens (including phenoxy) is 1. The third-order valence-corrected chi connectivity index (χ3v) is 2.22. The summed E-state index contributed by atoms with van der Waals surface area (Å²) >= 11 is 0. The third-order valence-electron chi connectivity index (χ3n) is 2.22. The van der Waals surface area contributed by atoms with Gasteiger partial charge in [0, 0.05) is 5.97 Å². The summed E-state index contributed by atoms with van der Waals surface area (Å²) in [6.45, 7) is 3.79. The van der Waals surface area contributed by atoms with E-state index in [0.717, 1.165) is 0 Å². The van der Waals surface area contributed by atoms with E-state index in [1.165, 1.54) is 6.26 Å². The Balaban J connectivity index is 2.54. The zero-order valence-electron chi connectivity index (χ0n) is 10.4. The highest BCUT2D eigenvalue weighted by Gasteiger charge is 2.25. The summed E-state index contributed by atoms with van der Waals surface area (Å²) in [5.41, 5.74) is 0. The number of hydrogen-bond donors (Lipinski definition) is 1. The lowest BCUT2D eigenvalue weighted by Gasteiger charge is -2.16. The van der Waals surface area contributed by atoms with Crippen molar-refractivity contribution in [1.29, 1.82) is 0 Å². The highest BCUT2D eigenvalue weighted by Crippen LogP contribution is 1.98. The van der Waals surface area contributed by atoms with Crippen LogP contribution in [0.3, 0.4) is 0 Å². The molecule has 1 aromatic heterocycles. The molecular formula is C12H17NO5. The normalized spacial score (nSPS) is 12.4. The molecule has 6 nitrogen and oxygen atoms in total. The molecular weight excluding hydrogens is 238 g/mol. The molecule has 18 heavy (non-hydrogen) atoms. The van der Waals surface area contributed by atoms with Crippen LogP contribution in [0, 0.1) is 0 Å². The Morgan fingerprint density at radius 2 is 2.22 bits per heavy atom. The van der Waals surface area contributed by atoms with Crippen LogP contribution in [0.4, 0.5) is 0 Å². The van der Waals surface area contributed by atoms with Crippen molar-refractivity contribution in [3.05, 3.63) is 24.2 Å². The molecule has 1 heterocycles. The predicted octanol–water partition coefficient (Wildman–Crippen LogP) is -1.20. The Morgan fingerprint density at radius 3 is 2.72 bits per heavy atom. The van der Waals surface area contributed by atoms with Gasteiger partial charge in [-0.3, -0.25) is 0 Å². The number of hydrogen-bond acceptors (Lipinski definition) is 5. The number of furan rings is 1. The fraction of sp³-hybridized carbons (Fsp3) is 0.500. The van der Waals surface area contributed by atoms with Gasteiger partial charge in [0.05, 0.1) is 18.8 Å². The minimum absolute atomic E-state index is 0.279. The first kappa shape index (κ1) is 14.2. The lowest BCUT2D eigenvalue weighted by atomic mass is 10.2. The van der Waals surface area contributed by atoms with E-state index >= 15 is 0 Å². The Kier molecular flexibility index (Phi) is 5.38. The number of carbonyl (C=O) groups is 2. The van der Waals surface area contributed by atoms with Crippen LogP contribution in [0.25, 0.3) is 0 Å². The lowest BCUT2D eigenvalue weighted by molar-refractivity contribution is -0.695. The van der Waals surface area contributed by atoms with Gasteiger partial charge in [-0.1, -0.05) is 0 Å². The summed E-state index contributed by atoms with van der Waals surface area (Å²) in [7, 11) is 0. The monoisotopic (exact) mass is 255 g/mol. The second kappa shape index (κ2) is 6.80. The molecule has 0 unspecified atom stereocenters. The summed E-state index contributed by atoms with van der Waals surface area (Å²) in [5, 5.41) is 12.2. The van der Waals surface area contributed by atoms with E-state index in [0.29, 0.717) is 12.3 Å². The maximum atomic E-state index is 11.7. The zero-order valence-corrected chi connectivity index (χ0v) is 10.4. The minimum Gasteiger partial charge on any atom is -0.550 e. The molecule has 1 rings (SSSR count). The van der Waals surface area contributed by atoms with Gasteiger partial charge in [0.2, 0.25) is 0 Å². The van der Waals surface area contributed by atoms with Crippen LogP contribution >= 0.6 is 0 Å². The molecule has 0 amide bonds. The van der Waals surface area contributed by atoms with Gasteiger partial charge in [0.15, 0.2) is 11.8 Å². The third kappa shape index (κ3) is 5.01. The van der Waals surface area contributed by atoms with Crippen LogP contribution in [0.1, 0.15) is 26.0 Å². The van der Waals surface area contributed by atoms with Crippen molar-refractivity contribution in [2.24, 2.45) is 0 Å². The Bertz CT molecular complexity index is 385. The van der Waals surface area contributed by atoms with E-state index in [1.54, 1.807) is 31.3 Å². The fourth-order valence-corrected chi connectivity index (χ4v) is 1.45. The average molecular weight is 255 g/mol. The molecule has 0 spiro atoms. The molecule has 1 aromatic rings. The second-order valence-electron chi connectivity index (χ2n) is 4.19. The molecule has 100 valence electrons. The molecule has 0 aliphatic heterocycles. The van der Waals surface area contributed by atoms with Gasteiger partial charge >= 0.3 is 5.97 Å². The quantitative estimate of drug-likeness (QED) is 0.617. The zero-order chi connectivity index (χ0) is 13.5. The van der Waals surface area contributed by atoms with E-state index in [9.17, 15) is 14.7 Å². The molecule has 0 radical (unpaired) electrons. The van der Waals surface area contributed by atoms with Crippen molar-refractivity contribution in [1.82, 2.24) is 0 Å². The van der Waals surface area contributed by atoms with E-state index in [4.69, 9.17) is 9.15 Å². The van der Waals surface area contributed by atoms with Crippen LogP contribution in [0.2, 0.25) is 0 Å². The highest BCUT2D eigenvalue weighted by atomic mass is 16.5. The van der Waals surface area contributed by atoms with Gasteiger partial charge in [-0.05, 0) is 26.0 Å². The van der Waals surface area contributed by atoms with E-state index in [2.05, 4.69) is 0 Å². The molecule has 0 saturated heterocycles. The Hall–Kier alpha value is -1.82. The Morgan fingerprint density at radius 1 is 1.50 bits per heavy atom. The molecule has 0 aromatic carbocycles. The molecule has 0 saturated carbocycles. The summed E-state index contributed by atoms with van der Waals surface area (Å²) < 4.78 is 10.1. The first-order chi connectivity index (χ1) is 8.49. The summed E-state index contributed by atoms with van der Waals surface area (Å²) in [6.07, 6.45) is 0.856. The van der Waals surface area contributed by atoms with Gasteiger partial charge in [0.25, 0.3) is 0 Å². The van der Waals surface area contributed by atoms with Crippen molar-refractivity contribution in [2.45, 2.75) is 39.0 Å². The van der Waals surface area contributed by atoms with Crippen LogP contribution in [-0.4, -0.2) is 24.1 Å². The molecule has 0 aliphatic carbocycles. The minimum atomic E-state index is -1.28. The predicted molar refractivity (Wildman–Crippen MR) is 59.0 cm³/mol. The molecule has 0 fully saturated rings. The maximum Gasteiger partial charge on any atom is 0.365 e. The van der Waals surface area contributed by atoms with Gasteiger partial charge in [0.1, 0.15) is 6.54 Å². The van der Waals surface area contributed by atoms with Crippen LogP contribution in [0.5, 0.6) is 0 Å². The summed E-state index contributed by atoms with van der Waals surface area (Å²) in [6, 6.07) is 2.66. The second-order valence-corrected chi connectivity index (χ2v) is 4.19. The van der Waals surface area contributed by atoms with Gasteiger partial charge in [-0.25, -0.2) is 4.79 Å². The van der Waals surface area contributed by atoms with Crippen molar-refractivity contribution in [3.63, 3.8) is 0 Å². The standard InChI is InChI=1S/C12H17NO5/c1-8(2)18-12(16)10(6-11(14)15)13-7-9-4-3-5-17-9/h3-5,8,10,13H,6-7H2,1-2H3,(H,14,15)/t10-/m0/s1. The van der Waals surface area contributed by atoms with Crippen molar-refractivity contribution >= 4 is 11.9 Å². The Labute approximate surface area is 105 Å². The van der Waals surface area contributed by atoms with E-state index < -0.39 is 18.0 Å². The van der Waals surface area contributed by atoms with Crippen LogP contribution in [-0.2, 0) is 20.9 Å².